The molecule has 27 heavy (non-hydrogen) atoms. The molecule has 1 atom stereocenters. The fourth-order valence-corrected chi connectivity index (χ4v) is 3.30. The molecule has 0 spiro atoms. The van der Waals surface area contributed by atoms with E-state index in [4.69, 9.17) is 19.3 Å². The normalized spacial score (nSPS) is 14.3. The van der Waals surface area contributed by atoms with Crippen LogP contribution in [0.2, 0.25) is 0 Å². The van der Waals surface area contributed by atoms with Gasteiger partial charge in [-0.3, -0.25) is 4.79 Å². The number of nitrogens with one attached hydrogen (secondary N) is 1. The molecule has 0 aromatic heterocycles. The number of ether oxygens (including phenoxy) is 3. The van der Waals surface area contributed by atoms with Gasteiger partial charge < -0.3 is 19.5 Å². The van der Waals surface area contributed by atoms with Crippen LogP contribution in [0.1, 0.15) is 28.9 Å². The Kier molecular flexibility index (Phi) is 5.24. The van der Waals surface area contributed by atoms with E-state index in [-0.39, 0.29) is 10.8 Å². The number of methoxy groups -OCH3 is 1. The zero-order valence-electron chi connectivity index (χ0n) is 14.9. The van der Waals surface area contributed by atoms with Crippen molar-refractivity contribution in [1.82, 2.24) is 5.32 Å². The van der Waals surface area contributed by atoms with Crippen LogP contribution in [-0.2, 0) is 10.0 Å². The fourth-order valence-electron chi connectivity index (χ4n) is 2.73. The van der Waals surface area contributed by atoms with Gasteiger partial charge in [-0.2, -0.15) is 0 Å². The Bertz CT molecular complexity index is 957. The molecule has 0 radical (unpaired) electrons. The smallest absolute Gasteiger partial charge is 0.252 e. The third kappa shape index (κ3) is 4.15. The average molecular weight is 392 g/mol. The molecule has 144 valence electrons. The summed E-state index contributed by atoms with van der Waals surface area (Å²) in [6, 6.07) is 8.83. The Morgan fingerprint density at radius 1 is 1.22 bits per heavy atom. The van der Waals surface area contributed by atoms with Crippen molar-refractivity contribution in [3.8, 4) is 17.2 Å². The van der Waals surface area contributed by atoms with Crippen molar-refractivity contribution >= 4 is 15.9 Å². The van der Waals surface area contributed by atoms with Crippen LogP contribution in [0.3, 0.4) is 0 Å². The van der Waals surface area contributed by atoms with Gasteiger partial charge in [0.25, 0.3) is 5.91 Å². The van der Waals surface area contributed by atoms with Gasteiger partial charge in [-0.1, -0.05) is 12.1 Å². The van der Waals surface area contributed by atoms with Crippen molar-refractivity contribution in [3.05, 3.63) is 47.5 Å². The van der Waals surface area contributed by atoms with Crippen LogP contribution in [0.25, 0.3) is 0 Å². The summed E-state index contributed by atoms with van der Waals surface area (Å²) in [6.07, 6.45) is 0. The van der Waals surface area contributed by atoms with Gasteiger partial charge in [0.15, 0.2) is 11.5 Å². The summed E-state index contributed by atoms with van der Waals surface area (Å²) in [5.74, 6) is 0.948. The first-order valence-electron chi connectivity index (χ1n) is 8.21. The van der Waals surface area contributed by atoms with Crippen molar-refractivity contribution in [2.45, 2.75) is 17.9 Å². The number of nitrogens with two attached hydrogens (primary N) is 1. The van der Waals surface area contributed by atoms with Crippen LogP contribution >= 0.6 is 0 Å². The molecule has 0 aliphatic carbocycles. The lowest BCUT2D eigenvalue weighted by Gasteiger charge is -2.22. The molecule has 2 aromatic rings. The molecular weight excluding hydrogens is 372 g/mol. The standard InChI is InChI=1S/C18H20N2O6S/c1-11(12-4-3-5-14(8-12)27(19,22)23)20-18(21)13-9-15(24-2)17-16(10-13)25-6-7-26-17/h3-5,8-11H,6-7H2,1-2H3,(H,20,21)(H2,19,22,23)/t11-/m0/s1. The molecule has 1 aliphatic rings. The Morgan fingerprint density at radius 3 is 2.67 bits per heavy atom. The highest BCUT2D eigenvalue weighted by atomic mass is 32.2. The van der Waals surface area contributed by atoms with Crippen LogP contribution in [0.15, 0.2) is 41.3 Å². The van der Waals surface area contributed by atoms with Gasteiger partial charge in [0, 0.05) is 5.56 Å². The van der Waals surface area contributed by atoms with E-state index in [1.807, 2.05) is 0 Å². The summed E-state index contributed by atoms with van der Waals surface area (Å²) in [6.45, 7) is 2.54. The Labute approximate surface area is 157 Å². The zero-order chi connectivity index (χ0) is 19.6. The molecule has 2 aromatic carbocycles. The third-order valence-electron chi connectivity index (χ3n) is 4.12. The molecule has 1 heterocycles. The van der Waals surface area contributed by atoms with Crippen molar-refractivity contribution < 1.29 is 27.4 Å². The Hall–Kier alpha value is -2.78. The monoisotopic (exact) mass is 392 g/mol. The number of rotatable bonds is 5. The highest BCUT2D eigenvalue weighted by molar-refractivity contribution is 7.89. The second-order valence-corrected chi connectivity index (χ2v) is 7.58. The van der Waals surface area contributed by atoms with Gasteiger partial charge in [-0.25, -0.2) is 13.6 Å². The molecule has 3 N–H and O–H groups in total. The van der Waals surface area contributed by atoms with E-state index in [0.717, 1.165) is 0 Å². The molecule has 0 saturated carbocycles. The molecular formula is C18H20N2O6S. The van der Waals surface area contributed by atoms with Crippen LogP contribution in [0, 0.1) is 0 Å². The molecule has 3 rings (SSSR count). The second-order valence-electron chi connectivity index (χ2n) is 6.02. The summed E-state index contributed by atoms with van der Waals surface area (Å²) in [5, 5.41) is 7.98. The number of fused-ring (bicyclic) bond motifs is 1. The van der Waals surface area contributed by atoms with Gasteiger partial charge in [-0.15, -0.1) is 0 Å². The minimum Gasteiger partial charge on any atom is -0.493 e. The van der Waals surface area contributed by atoms with E-state index in [1.165, 1.54) is 19.2 Å². The van der Waals surface area contributed by atoms with E-state index in [0.29, 0.717) is 41.6 Å². The lowest BCUT2D eigenvalue weighted by atomic mass is 10.1. The predicted octanol–water partition coefficient (Wildman–Crippen LogP) is 1.60. The number of amides is 1. The summed E-state index contributed by atoms with van der Waals surface area (Å²) in [5.41, 5.74) is 0.949. The summed E-state index contributed by atoms with van der Waals surface area (Å²) in [7, 11) is -2.34. The Balaban J connectivity index is 1.83. The number of hydrogen-bond acceptors (Lipinski definition) is 6. The van der Waals surface area contributed by atoms with Gasteiger partial charge in [0.2, 0.25) is 15.8 Å². The van der Waals surface area contributed by atoms with Crippen LogP contribution in [0.4, 0.5) is 0 Å². The number of sulfonamides is 1. The van der Waals surface area contributed by atoms with Crippen molar-refractivity contribution in [2.75, 3.05) is 20.3 Å². The lowest BCUT2D eigenvalue weighted by molar-refractivity contribution is 0.0938. The first-order valence-corrected chi connectivity index (χ1v) is 9.75. The minimum atomic E-state index is -3.82. The maximum Gasteiger partial charge on any atom is 0.252 e. The fraction of sp³-hybridized carbons (Fsp3) is 0.278. The van der Waals surface area contributed by atoms with Gasteiger partial charge in [0.1, 0.15) is 13.2 Å². The predicted molar refractivity (Wildman–Crippen MR) is 97.7 cm³/mol. The first-order chi connectivity index (χ1) is 12.8. The molecule has 9 heteroatoms. The van der Waals surface area contributed by atoms with Gasteiger partial charge >= 0.3 is 0 Å². The molecule has 0 bridgehead atoms. The van der Waals surface area contributed by atoms with Crippen molar-refractivity contribution in [2.24, 2.45) is 5.14 Å². The van der Waals surface area contributed by atoms with Gasteiger partial charge in [-0.05, 0) is 36.8 Å². The lowest BCUT2D eigenvalue weighted by Crippen LogP contribution is -2.27. The average Bonchev–Trinajstić information content (AvgIpc) is 2.66. The van der Waals surface area contributed by atoms with Crippen LogP contribution in [-0.4, -0.2) is 34.6 Å². The molecule has 0 unspecified atom stereocenters. The number of primary sulfonamides is 1. The number of carbonyl (C=O) groups is 1. The maximum atomic E-state index is 12.7. The number of carbonyl (C=O) groups excluding carboxylic acids is 1. The summed E-state index contributed by atoms with van der Waals surface area (Å²) in [4.78, 5) is 12.6. The molecule has 0 fully saturated rings. The van der Waals surface area contributed by atoms with E-state index >= 15 is 0 Å². The number of hydrogen-bond donors (Lipinski definition) is 2. The highest BCUT2D eigenvalue weighted by Gasteiger charge is 2.22. The highest BCUT2D eigenvalue weighted by Crippen LogP contribution is 2.40. The van der Waals surface area contributed by atoms with Crippen LogP contribution in [0.5, 0.6) is 17.2 Å². The largest absolute Gasteiger partial charge is 0.493 e. The number of benzene rings is 2. The van der Waals surface area contributed by atoms with E-state index in [1.54, 1.807) is 31.2 Å². The third-order valence-corrected chi connectivity index (χ3v) is 5.04. The molecule has 1 aliphatic heterocycles. The first kappa shape index (κ1) is 19.0. The molecule has 1 amide bonds. The molecule has 8 nitrogen and oxygen atoms in total. The Morgan fingerprint density at radius 2 is 1.96 bits per heavy atom. The van der Waals surface area contributed by atoms with E-state index in [2.05, 4.69) is 5.32 Å². The topological polar surface area (TPSA) is 117 Å². The van der Waals surface area contributed by atoms with E-state index < -0.39 is 16.1 Å². The maximum absolute atomic E-state index is 12.7. The SMILES string of the molecule is COc1cc(C(=O)N[C@@H](C)c2cccc(S(N)(=O)=O)c2)cc2c1OCCO2. The van der Waals surface area contributed by atoms with Gasteiger partial charge in [0.05, 0.1) is 18.0 Å². The molecule has 0 saturated heterocycles. The minimum absolute atomic E-state index is 0.0119. The summed E-state index contributed by atoms with van der Waals surface area (Å²) >= 11 is 0. The quantitative estimate of drug-likeness (QED) is 0.798. The zero-order valence-corrected chi connectivity index (χ0v) is 15.7. The summed E-state index contributed by atoms with van der Waals surface area (Å²) < 4.78 is 39.4. The van der Waals surface area contributed by atoms with Crippen molar-refractivity contribution in [1.29, 1.82) is 0 Å². The van der Waals surface area contributed by atoms with Crippen molar-refractivity contribution in [3.63, 3.8) is 0 Å². The van der Waals surface area contributed by atoms with Crippen LogP contribution < -0.4 is 24.7 Å². The van der Waals surface area contributed by atoms with E-state index in [9.17, 15) is 13.2 Å². The second kappa shape index (κ2) is 7.45.